The van der Waals surface area contributed by atoms with Crippen molar-refractivity contribution in [2.45, 2.75) is 38.0 Å². The molecular formula is C19H23F. The Kier molecular flexibility index (Phi) is 5.34. The third-order valence-electron chi connectivity index (χ3n) is 4.03. The van der Waals surface area contributed by atoms with Crippen molar-refractivity contribution in [1.29, 1.82) is 0 Å². The molecule has 2 rings (SSSR count). The number of benzene rings is 1. The van der Waals surface area contributed by atoms with Gasteiger partial charge in [-0.15, -0.1) is 13.2 Å². The summed E-state index contributed by atoms with van der Waals surface area (Å²) in [6.45, 7) is 7.48. The van der Waals surface area contributed by atoms with Crippen molar-refractivity contribution in [2.75, 3.05) is 0 Å². The predicted molar refractivity (Wildman–Crippen MR) is 84.3 cm³/mol. The van der Waals surface area contributed by atoms with Crippen LogP contribution in [0.2, 0.25) is 0 Å². The first-order valence-electron chi connectivity index (χ1n) is 7.43. The molecule has 0 amide bonds. The number of halogens is 1. The van der Waals surface area contributed by atoms with E-state index in [1.807, 2.05) is 24.3 Å². The molecular weight excluding hydrogens is 247 g/mol. The number of rotatable bonds is 6. The van der Waals surface area contributed by atoms with Gasteiger partial charge in [-0.3, -0.25) is 0 Å². The van der Waals surface area contributed by atoms with Crippen LogP contribution in [0.4, 0.5) is 4.39 Å². The highest BCUT2D eigenvalue weighted by Crippen LogP contribution is 2.33. The van der Waals surface area contributed by atoms with E-state index in [1.165, 1.54) is 0 Å². The van der Waals surface area contributed by atoms with Gasteiger partial charge in [0, 0.05) is 5.92 Å². The average Bonchev–Trinajstić information content (AvgIpc) is 2.47. The average molecular weight is 270 g/mol. The van der Waals surface area contributed by atoms with Crippen molar-refractivity contribution in [1.82, 2.24) is 0 Å². The van der Waals surface area contributed by atoms with Crippen LogP contribution < -0.4 is 0 Å². The van der Waals surface area contributed by atoms with Crippen LogP contribution in [0.25, 0.3) is 0 Å². The normalized spacial score (nSPS) is 21.6. The Bertz CT molecular complexity index is 498. The molecule has 0 radical (unpaired) electrons. The Labute approximate surface area is 121 Å². The van der Waals surface area contributed by atoms with Gasteiger partial charge in [-0.2, -0.15) is 0 Å². The van der Waals surface area contributed by atoms with E-state index in [4.69, 9.17) is 0 Å². The fraction of sp³-hybridized carbons (Fsp3) is 0.368. The highest BCUT2D eigenvalue weighted by molar-refractivity contribution is 5.31. The first kappa shape index (κ1) is 14.8. The van der Waals surface area contributed by atoms with Crippen molar-refractivity contribution in [2.24, 2.45) is 5.92 Å². The molecule has 0 heterocycles. The summed E-state index contributed by atoms with van der Waals surface area (Å²) in [5, 5.41) is 0. The van der Waals surface area contributed by atoms with Gasteiger partial charge in [-0.05, 0) is 55.2 Å². The van der Waals surface area contributed by atoms with Gasteiger partial charge in [-0.1, -0.05) is 36.4 Å². The highest BCUT2D eigenvalue weighted by atomic mass is 19.1. The van der Waals surface area contributed by atoms with Crippen molar-refractivity contribution in [3.63, 3.8) is 0 Å². The molecule has 0 aliphatic heterocycles. The van der Waals surface area contributed by atoms with Gasteiger partial charge >= 0.3 is 0 Å². The predicted octanol–water partition coefficient (Wildman–Crippen LogP) is 5.57. The molecule has 2 unspecified atom stereocenters. The third kappa shape index (κ3) is 3.69. The molecule has 0 spiro atoms. The molecule has 106 valence electrons. The standard InChI is InChI=1S/C19H23F/c1-3-5-7-16-10-13-18(19(20)14-16)17-11-8-15(6-4-2)9-12-17/h3-4,8,10-11,13-15,17H,1-2,5-7,9,12H2. The van der Waals surface area contributed by atoms with E-state index in [0.29, 0.717) is 5.92 Å². The minimum atomic E-state index is -0.0663. The van der Waals surface area contributed by atoms with Crippen molar-refractivity contribution in [3.8, 4) is 0 Å². The van der Waals surface area contributed by atoms with Gasteiger partial charge in [0.05, 0.1) is 0 Å². The van der Waals surface area contributed by atoms with Gasteiger partial charge in [-0.25, -0.2) is 4.39 Å². The second kappa shape index (κ2) is 7.23. The second-order valence-corrected chi connectivity index (χ2v) is 5.54. The van der Waals surface area contributed by atoms with E-state index < -0.39 is 0 Å². The topological polar surface area (TPSA) is 0 Å². The molecule has 0 bridgehead atoms. The summed E-state index contributed by atoms with van der Waals surface area (Å²) in [6.07, 6.45) is 13.1. The summed E-state index contributed by atoms with van der Waals surface area (Å²) in [6, 6.07) is 5.69. The maximum absolute atomic E-state index is 14.2. The summed E-state index contributed by atoms with van der Waals surface area (Å²) in [4.78, 5) is 0. The second-order valence-electron chi connectivity index (χ2n) is 5.54. The number of aryl methyl sites for hydroxylation is 1. The van der Waals surface area contributed by atoms with Crippen LogP contribution in [-0.4, -0.2) is 0 Å². The van der Waals surface area contributed by atoms with Crippen molar-refractivity contribution < 1.29 is 4.39 Å². The SMILES string of the molecule is C=CCCc1ccc(C2C=CC(CC=C)CC2)c(F)c1. The van der Waals surface area contributed by atoms with Gasteiger partial charge < -0.3 is 0 Å². The molecule has 0 aromatic heterocycles. The summed E-state index contributed by atoms with van der Waals surface area (Å²) in [5.74, 6) is 0.742. The minimum absolute atomic E-state index is 0.0663. The van der Waals surface area contributed by atoms with E-state index in [0.717, 1.165) is 43.2 Å². The van der Waals surface area contributed by atoms with Crippen LogP contribution in [0.15, 0.2) is 55.7 Å². The van der Waals surface area contributed by atoms with Crippen LogP contribution in [0.5, 0.6) is 0 Å². The summed E-state index contributed by atoms with van der Waals surface area (Å²) < 4.78 is 14.2. The van der Waals surface area contributed by atoms with Crippen LogP contribution >= 0.6 is 0 Å². The first-order chi connectivity index (χ1) is 9.74. The summed E-state index contributed by atoms with van der Waals surface area (Å²) in [5.41, 5.74) is 1.89. The lowest BCUT2D eigenvalue weighted by Gasteiger charge is -2.23. The first-order valence-corrected chi connectivity index (χ1v) is 7.43. The van der Waals surface area contributed by atoms with Crippen molar-refractivity contribution >= 4 is 0 Å². The van der Waals surface area contributed by atoms with E-state index in [-0.39, 0.29) is 11.7 Å². The zero-order valence-electron chi connectivity index (χ0n) is 12.0. The smallest absolute Gasteiger partial charge is 0.127 e. The molecule has 1 aromatic carbocycles. The van der Waals surface area contributed by atoms with E-state index in [2.05, 4.69) is 25.3 Å². The monoisotopic (exact) mass is 270 g/mol. The molecule has 0 nitrogen and oxygen atoms in total. The minimum Gasteiger partial charge on any atom is -0.207 e. The van der Waals surface area contributed by atoms with E-state index in [9.17, 15) is 4.39 Å². The lowest BCUT2D eigenvalue weighted by Crippen LogP contribution is -2.08. The largest absolute Gasteiger partial charge is 0.207 e. The van der Waals surface area contributed by atoms with Crippen LogP contribution in [0.1, 0.15) is 42.7 Å². The molecule has 1 heteroatoms. The molecule has 1 aromatic rings. The summed E-state index contributed by atoms with van der Waals surface area (Å²) in [7, 11) is 0. The maximum Gasteiger partial charge on any atom is 0.127 e. The van der Waals surface area contributed by atoms with Gasteiger partial charge in [0.25, 0.3) is 0 Å². The molecule has 1 aliphatic carbocycles. The molecule has 20 heavy (non-hydrogen) atoms. The van der Waals surface area contributed by atoms with Gasteiger partial charge in [0.2, 0.25) is 0 Å². The van der Waals surface area contributed by atoms with Crippen LogP contribution in [0, 0.1) is 11.7 Å². The number of allylic oxidation sites excluding steroid dienone is 4. The van der Waals surface area contributed by atoms with Crippen LogP contribution in [0.3, 0.4) is 0 Å². The van der Waals surface area contributed by atoms with Gasteiger partial charge in [0.1, 0.15) is 5.82 Å². The Morgan fingerprint density at radius 2 is 2.00 bits per heavy atom. The lowest BCUT2D eigenvalue weighted by atomic mass is 9.83. The van der Waals surface area contributed by atoms with E-state index >= 15 is 0 Å². The fourth-order valence-electron chi connectivity index (χ4n) is 2.84. The maximum atomic E-state index is 14.2. The quantitative estimate of drug-likeness (QED) is 0.593. The third-order valence-corrected chi connectivity index (χ3v) is 4.03. The zero-order valence-corrected chi connectivity index (χ0v) is 12.0. The molecule has 0 fully saturated rings. The van der Waals surface area contributed by atoms with Crippen molar-refractivity contribution in [3.05, 3.63) is 72.6 Å². The summed E-state index contributed by atoms with van der Waals surface area (Å²) >= 11 is 0. The fourth-order valence-corrected chi connectivity index (χ4v) is 2.84. The Morgan fingerprint density at radius 1 is 1.15 bits per heavy atom. The lowest BCUT2D eigenvalue weighted by molar-refractivity contribution is 0.501. The molecule has 0 saturated carbocycles. The Morgan fingerprint density at radius 3 is 2.60 bits per heavy atom. The highest BCUT2D eigenvalue weighted by Gasteiger charge is 2.19. The van der Waals surface area contributed by atoms with Gasteiger partial charge in [0.15, 0.2) is 0 Å². The molecule has 0 saturated heterocycles. The van der Waals surface area contributed by atoms with Crippen LogP contribution in [-0.2, 0) is 6.42 Å². The van der Waals surface area contributed by atoms with E-state index in [1.54, 1.807) is 6.07 Å². The molecule has 2 atom stereocenters. The number of hydrogen-bond donors (Lipinski definition) is 0. The molecule has 1 aliphatic rings. The number of hydrogen-bond acceptors (Lipinski definition) is 0. The Hall–Kier alpha value is -1.63. The zero-order chi connectivity index (χ0) is 14.4. The molecule has 0 N–H and O–H groups in total. The Balaban J connectivity index is 2.08.